The molecule has 0 aliphatic rings. The van der Waals surface area contributed by atoms with Gasteiger partial charge in [0.25, 0.3) is 5.91 Å². The van der Waals surface area contributed by atoms with Crippen LogP contribution in [0.4, 0.5) is 5.69 Å². The molecule has 2 atom stereocenters. The standard InChI is InChI=1S/C21H24N2O4/c1-4-14(2)18(23-19(24)15-8-6-5-7-9-15)20(25)22-17-12-10-16(11-13-17)21(26)27-3/h5-14,18H,4H2,1-3H3,(H,22,25)(H,23,24)/t14-,18-/m0/s1. The molecule has 0 radical (unpaired) electrons. The molecule has 27 heavy (non-hydrogen) atoms. The lowest BCUT2D eigenvalue weighted by Gasteiger charge is -2.23. The Morgan fingerprint density at radius 3 is 2.15 bits per heavy atom. The quantitative estimate of drug-likeness (QED) is 0.735. The molecular formula is C21H24N2O4. The summed E-state index contributed by atoms with van der Waals surface area (Å²) in [5.41, 5.74) is 1.43. The first-order chi connectivity index (χ1) is 13.0. The van der Waals surface area contributed by atoms with Gasteiger partial charge in [0, 0.05) is 11.3 Å². The number of hydrogen-bond donors (Lipinski definition) is 2. The summed E-state index contributed by atoms with van der Waals surface area (Å²) in [4.78, 5) is 36.7. The van der Waals surface area contributed by atoms with E-state index in [1.807, 2.05) is 19.9 Å². The second-order valence-electron chi connectivity index (χ2n) is 6.26. The normalized spacial score (nSPS) is 12.6. The minimum absolute atomic E-state index is 0.0491. The Morgan fingerprint density at radius 1 is 0.963 bits per heavy atom. The number of methoxy groups -OCH3 is 1. The average molecular weight is 368 g/mol. The molecule has 6 nitrogen and oxygen atoms in total. The number of amides is 2. The van der Waals surface area contributed by atoms with Crippen LogP contribution in [-0.2, 0) is 9.53 Å². The van der Waals surface area contributed by atoms with Crippen molar-refractivity contribution in [2.45, 2.75) is 26.3 Å². The zero-order valence-corrected chi connectivity index (χ0v) is 15.7. The van der Waals surface area contributed by atoms with Gasteiger partial charge in [0.15, 0.2) is 0 Å². The Morgan fingerprint density at radius 2 is 1.59 bits per heavy atom. The van der Waals surface area contributed by atoms with Crippen LogP contribution < -0.4 is 10.6 Å². The van der Waals surface area contributed by atoms with Gasteiger partial charge in [-0.15, -0.1) is 0 Å². The van der Waals surface area contributed by atoms with Crippen molar-refractivity contribution < 1.29 is 19.1 Å². The predicted molar refractivity (Wildman–Crippen MR) is 104 cm³/mol. The first-order valence-electron chi connectivity index (χ1n) is 8.81. The Balaban J connectivity index is 2.10. The number of rotatable bonds is 7. The summed E-state index contributed by atoms with van der Waals surface area (Å²) >= 11 is 0. The Kier molecular flexibility index (Phi) is 7.11. The van der Waals surface area contributed by atoms with Crippen molar-refractivity contribution >= 4 is 23.5 Å². The average Bonchev–Trinajstić information content (AvgIpc) is 2.71. The van der Waals surface area contributed by atoms with E-state index in [-0.39, 0.29) is 17.7 Å². The van der Waals surface area contributed by atoms with Gasteiger partial charge in [-0.2, -0.15) is 0 Å². The summed E-state index contributed by atoms with van der Waals surface area (Å²) in [5, 5.41) is 5.61. The molecule has 2 N–H and O–H groups in total. The second-order valence-corrected chi connectivity index (χ2v) is 6.26. The number of anilines is 1. The maximum atomic E-state index is 12.7. The monoisotopic (exact) mass is 368 g/mol. The zero-order chi connectivity index (χ0) is 19.8. The van der Waals surface area contributed by atoms with Gasteiger partial charge in [0.1, 0.15) is 6.04 Å². The number of benzene rings is 2. The maximum Gasteiger partial charge on any atom is 0.337 e. The molecule has 0 bridgehead atoms. The molecule has 0 saturated carbocycles. The molecule has 0 aliphatic heterocycles. The Bertz CT molecular complexity index is 788. The number of carbonyl (C=O) groups excluding carboxylic acids is 3. The summed E-state index contributed by atoms with van der Waals surface area (Å²) in [7, 11) is 1.31. The molecule has 0 heterocycles. The molecule has 142 valence electrons. The molecule has 2 rings (SSSR count). The van der Waals surface area contributed by atoms with E-state index >= 15 is 0 Å². The molecule has 0 aromatic heterocycles. The van der Waals surface area contributed by atoms with E-state index in [4.69, 9.17) is 0 Å². The van der Waals surface area contributed by atoms with Crippen LogP contribution in [0.5, 0.6) is 0 Å². The van der Waals surface area contributed by atoms with Crippen LogP contribution in [0.25, 0.3) is 0 Å². The van der Waals surface area contributed by atoms with Crippen LogP contribution in [0.2, 0.25) is 0 Å². The van der Waals surface area contributed by atoms with Gasteiger partial charge in [0.05, 0.1) is 12.7 Å². The minimum Gasteiger partial charge on any atom is -0.465 e. The van der Waals surface area contributed by atoms with Gasteiger partial charge in [-0.05, 0) is 42.3 Å². The molecule has 2 amide bonds. The summed E-state index contributed by atoms with van der Waals surface area (Å²) in [5.74, 6) is -1.09. The fourth-order valence-corrected chi connectivity index (χ4v) is 2.54. The van der Waals surface area contributed by atoms with Crippen molar-refractivity contribution in [2.24, 2.45) is 5.92 Å². The number of ether oxygens (including phenoxy) is 1. The fourth-order valence-electron chi connectivity index (χ4n) is 2.54. The fraction of sp³-hybridized carbons (Fsp3) is 0.286. The van der Waals surface area contributed by atoms with E-state index in [1.54, 1.807) is 48.5 Å². The molecule has 0 unspecified atom stereocenters. The third kappa shape index (κ3) is 5.41. The lowest BCUT2D eigenvalue weighted by Crippen LogP contribution is -2.47. The predicted octanol–water partition coefficient (Wildman–Crippen LogP) is 3.26. The lowest BCUT2D eigenvalue weighted by molar-refractivity contribution is -0.119. The van der Waals surface area contributed by atoms with Gasteiger partial charge in [0.2, 0.25) is 5.91 Å². The number of nitrogens with one attached hydrogen (secondary N) is 2. The van der Waals surface area contributed by atoms with Gasteiger partial charge >= 0.3 is 5.97 Å². The second kappa shape index (κ2) is 9.52. The van der Waals surface area contributed by atoms with Crippen LogP contribution in [0.1, 0.15) is 41.0 Å². The molecule has 0 saturated heterocycles. The SMILES string of the molecule is CC[C@H](C)[C@H](NC(=O)c1ccccc1)C(=O)Nc1ccc(C(=O)OC)cc1. The highest BCUT2D eigenvalue weighted by atomic mass is 16.5. The summed E-state index contributed by atoms with van der Waals surface area (Å²) in [6, 6.07) is 14.5. The first-order valence-corrected chi connectivity index (χ1v) is 8.81. The number of hydrogen-bond acceptors (Lipinski definition) is 4. The van der Waals surface area contributed by atoms with Gasteiger partial charge in [-0.25, -0.2) is 4.79 Å². The Hall–Kier alpha value is -3.15. The van der Waals surface area contributed by atoms with Crippen LogP contribution in [0, 0.1) is 5.92 Å². The molecular weight excluding hydrogens is 344 g/mol. The number of esters is 1. The van der Waals surface area contributed by atoms with Crippen molar-refractivity contribution in [1.29, 1.82) is 0 Å². The van der Waals surface area contributed by atoms with Crippen LogP contribution in [-0.4, -0.2) is 30.9 Å². The smallest absolute Gasteiger partial charge is 0.337 e. The van der Waals surface area contributed by atoms with E-state index in [9.17, 15) is 14.4 Å². The van der Waals surface area contributed by atoms with E-state index in [1.165, 1.54) is 7.11 Å². The van der Waals surface area contributed by atoms with Crippen LogP contribution >= 0.6 is 0 Å². The van der Waals surface area contributed by atoms with Crippen molar-refractivity contribution in [3.05, 3.63) is 65.7 Å². The van der Waals surface area contributed by atoms with Gasteiger partial charge < -0.3 is 15.4 Å². The van der Waals surface area contributed by atoms with Crippen molar-refractivity contribution in [1.82, 2.24) is 5.32 Å². The lowest BCUT2D eigenvalue weighted by atomic mass is 9.97. The van der Waals surface area contributed by atoms with Crippen molar-refractivity contribution in [2.75, 3.05) is 12.4 Å². The molecule has 6 heteroatoms. The molecule has 0 aliphatic carbocycles. The maximum absolute atomic E-state index is 12.7. The molecule has 0 spiro atoms. The van der Waals surface area contributed by atoms with Crippen LogP contribution in [0.15, 0.2) is 54.6 Å². The summed E-state index contributed by atoms with van der Waals surface area (Å²) in [6.45, 7) is 3.88. The Labute approximate surface area is 158 Å². The van der Waals surface area contributed by atoms with E-state index in [0.29, 0.717) is 16.8 Å². The molecule has 2 aromatic carbocycles. The van der Waals surface area contributed by atoms with Crippen molar-refractivity contribution in [3.8, 4) is 0 Å². The third-order valence-corrected chi connectivity index (χ3v) is 4.39. The molecule has 0 fully saturated rings. The van der Waals surface area contributed by atoms with E-state index in [0.717, 1.165) is 6.42 Å². The topological polar surface area (TPSA) is 84.5 Å². The highest BCUT2D eigenvalue weighted by Gasteiger charge is 2.26. The first kappa shape index (κ1) is 20.2. The highest BCUT2D eigenvalue weighted by molar-refractivity contribution is 6.01. The summed E-state index contributed by atoms with van der Waals surface area (Å²) in [6.07, 6.45) is 0.731. The third-order valence-electron chi connectivity index (χ3n) is 4.39. The van der Waals surface area contributed by atoms with E-state index in [2.05, 4.69) is 15.4 Å². The molecule has 2 aromatic rings. The van der Waals surface area contributed by atoms with Crippen molar-refractivity contribution in [3.63, 3.8) is 0 Å². The van der Waals surface area contributed by atoms with Gasteiger partial charge in [-0.1, -0.05) is 38.5 Å². The number of carbonyl (C=O) groups is 3. The van der Waals surface area contributed by atoms with Crippen LogP contribution in [0.3, 0.4) is 0 Å². The largest absolute Gasteiger partial charge is 0.465 e. The van der Waals surface area contributed by atoms with E-state index < -0.39 is 12.0 Å². The van der Waals surface area contributed by atoms with Gasteiger partial charge in [-0.3, -0.25) is 9.59 Å². The highest BCUT2D eigenvalue weighted by Crippen LogP contribution is 2.15. The summed E-state index contributed by atoms with van der Waals surface area (Å²) < 4.78 is 4.65. The zero-order valence-electron chi connectivity index (χ0n) is 15.7. The minimum atomic E-state index is -0.678.